The first-order valence-electron chi connectivity index (χ1n) is 4.15. The highest BCUT2D eigenvalue weighted by Crippen LogP contribution is 2.18. The highest BCUT2D eigenvalue weighted by atomic mass is 35.5. The first-order valence-corrected chi connectivity index (χ1v) is 6.44. The predicted octanol–water partition coefficient (Wildman–Crippen LogP) is 3.20. The van der Waals surface area contributed by atoms with Gasteiger partial charge in [-0.05, 0) is 11.4 Å². The number of hydrogen-bond acceptors (Lipinski definition) is 4. The van der Waals surface area contributed by atoms with E-state index in [1.807, 2.05) is 16.8 Å². The minimum Gasteiger partial charge on any atom is -0.297 e. The summed E-state index contributed by atoms with van der Waals surface area (Å²) in [6.07, 6.45) is 0. The number of hydrogen-bond donors (Lipinski definition) is 1. The van der Waals surface area contributed by atoms with Gasteiger partial charge in [0.15, 0.2) is 5.13 Å². The Bertz CT molecular complexity index is 452. The van der Waals surface area contributed by atoms with Crippen LogP contribution in [0.2, 0.25) is 0 Å². The lowest BCUT2D eigenvalue weighted by molar-refractivity contribution is 0.103. The van der Waals surface area contributed by atoms with Gasteiger partial charge in [0.2, 0.25) is 0 Å². The molecule has 78 valence electrons. The van der Waals surface area contributed by atoms with Gasteiger partial charge >= 0.3 is 0 Å². The fourth-order valence-corrected chi connectivity index (χ4v) is 2.54. The smallest absolute Gasteiger partial charge is 0.267 e. The molecule has 2 aromatic heterocycles. The number of carbonyl (C=O) groups excluding carboxylic acids is 1. The highest BCUT2D eigenvalue weighted by molar-refractivity contribution is 7.14. The van der Waals surface area contributed by atoms with Crippen LogP contribution >= 0.6 is 34.3 Å². The Kier molecular flexibility index (Phi) is 3.35. The Morgan fingerprint density at radius 1 is 1.53 bits per heavy atom. The Labute approximate surface area is 99.7 Å². The maximum Gasteiger partial charge on any atom is 0.267 e. The van der Waals surface area contributed by atoms with E-state index >= 15 is 0 Å². The maximum atomic E-state index is 11.6. The summed E-state index contributed by atoms with van der Waals surface area (Å²) < 4.78 is 0. The molecule has 2 rings (SSSR count). The second-order valence-electron chi connectivity index (χ2n) is 2.71. The summed E-state index contributed by atoms with van der Waals surface area (Å²) >= 11 is 8.39. The van der Waals surface area contributed by atoms with Crippen molar-refractivity contribution >= 4 is 45.3 Å². The molecular weight excluding hydrogens is 252 g/mol. The van der Waals surface area contributed by atoms with Crippen molar-refractivity contribution in [3.8, 4) is 0 Å². The van der Waals surface area contributed by atoms with E-state index in [1.54, 1.807) is 6.07 Å². The van der Waals surface area contributed by atoms with Gasteiger partial charge in [-0.2, -0.15) is 0 Å². The molecule has 0 bridgehead atoms. The number of rotatable bonds is 3. The van der Waals surface area contributed by atoms with Gasteiger partial charge in [0.05, 0.1) is 16.5 Å². The summed E-state index contributed by atoms with van der Waals surface area (Å²) in [7, 11) is 0. The van der Waals surface area contributed by atoms with Gasteiger partial charge in [-0.15, -0.1) is 34.3 Å². The van der Waals surface area contributed by atoms with Crippen molar-refractivity contribution in [3.05, 3.63) is 33.5 Å². The van der Waals surface area contributed by atoms with E-state index in [0.717, 1.165) is 5.69 Å². The molecule has 0 aliphatic carbocycles. The number of halogens is 1. The summed E-state index contributed by atoms with van der Waals surface area (Å²) in [6.45, 7) is 0. The average molecular weight is 259 g/mol. The monoisotopic (exact) mass is 258 g/mol. The summed E-state index contributed by atoms with van der Waals surface area (Å²) in [4.78, 5) is 16.4. The summed E-state index contributed by atoms with van der Waals surface area (Å²) in [6, 6.07) is 3.61. The molecule has 0 atom stereocenters. The van der Waals surface area contributed by atoms with E-state index in [0.29, 0.717) is 15.9 Å². The Balaban J connectivity index is 2.06. The van der Waals surface area contributed by atoms with Crippen molar-refractivity contribution in [3.63, 3.8) is 0 Å². The van der Waals surface area contributed by atoms with Crippen LogP contribution < -0.4 is 5.32 Å². The second kappa shape index (κ2) is 4.74. The molecule has 6 heteroatoms. The van der Waals surface area contributed by atoms with E-state index in [2.05, 4.69) is 10.3 Å². The molecule has 0 aliphatic rings. The largest absolute Gasteiger partial charge is 0.297 e. The van der Waals surface area contributed by atoms with Gasteiger partial charge in [0.25, 0.3) is 5.91 Å². The lowest BCUT2D eigenvalue weighted by Crippen LogP contribution is -2.09. The third kappa shape index (κ3) is 2.56. The van der Waals surface area contributed by atoms with Crippen LogP contribution in [0.1, 0.15) is 15.4 Å². The molecule has 0 spiro atoms. The number of aromatic nitrogens is 1. The summed E-state index contributed by atoms with van der Waals surface area (Å²) in [5.74, 6) is 0.242. The van der Waals surface area contributed by atoms with Crippen molar-refractivity contribution < 1.29 is 4.79 Å². The summed E-state index contributed by atoms with van der Waals surface area (Å²) in [5, 5.41) is 7.00. The molecule has 15 heavy (non-hydrogen) atoms. The Morgan fingerprint density at radius 2 is 2.40 bits per heavy atom. The van der Waals surface area contributed by atoms with Gasteiger partial charge in [-0.25, -0.2) is 4.98 Å². The number of carbonyl (C=O) groups is 1. The van der Waals surface area contributed by atoms with Crippen LogP contribution in [0.3, 0.4) is 0 Å². The van der Waals surface area contributed by atoms with Crippen molar-refractivity contribution in [1.82, 2.24) is 4.98 Å². The number of thiophene rings is 1. The quantitative estimate of drug-likeness (QED) is 0.859. The normalized spacial score (nSPS) is 10.2. The molecular formula is C9H7ClN2OS2. The molecule has 0 radical (unpaired) electrons. The molecule has 1 amide bonds. The predicted molar refractivity (Wildman–Crippen MR) is 63.9 cm³/mol. The minimum absolute atomic E-state index is 0.125. The zero-order valence-corrected chi connectivity index (χ0v) is 9.96. The van der Waals surface area contributed by atoms with Crippen LogP contribution in [0.25, 0.3) is 0 Å². The van der Waals surface area contributed by atoms with Gasteiger partial charge < -0.3 is 0 Å². The van der Waals surface area contributed by atoms with Crippen LogP contribution in [-0.4, -0.2) is 10.9 Å². The molecule has 0 aliphatic heterocycles. The fourth-order valence-electron chi connectivity index (χ4n) is 0.992. The van der Waals surface area contributed by atoms with Crippen LogP contribution in [0.15, 0.2) is 22.9 Å². The number of anilines is 1. The van der Waals surface area contributed by atoms with Gasteiger partial charge in [-0.3, -0.25) is 10.1 Å². The van der Waals surface area contributed by atoms with Crippen molar-refractivity contribution in [1.29, 1.82) is 0 Å². The van der Waals surface area contributed by atoms with Crippen LogP contribution in [0.5, 0.6) is 0 Å². The van der Waals surface area contributed by atoms with Gasteiger partial charge in [0, 0.05) is 5.38 Å². The van der Waals surface area contributed by atoms with Crippen molar-refractivity contribution in [2.24, 2.45) is 0 Å². The van der Waals surface area contributed by atoms with E-state index in [1.165, 1.54) is 22.7 Å². The number of thiazole rings is 1. The third-order valence-corrected chi connectivity index (χ3v) is 3.60. The number of nitrogens with zero attached hydrogens (tertiary/aromatic N) is 1. The first-order chi connectivity index (χ1) is 7.29. The van der Waals surface area contributed by atoms with Crippen LogP contribution in [0.4, 0.5) is 5.13 Å². The van der Waals surface area contributed by atoms with Gasteiger partial charge in [-0.1, -0.05) is 6.07 Å². The lowest BCUT2D eigenvalue weighted by Gasteiger charge is -1.97. The average Bonchev–Trinajstić information content (AvgIpc) is 2.87. The molecule has 0 saturated carbocycles. The topological polar surface area (TPSA) is 42.0 Å². The minimum atomic E-state index is -0.125. The van der Waals surface area contributed by atoms with E-state index in [9.17, 15) is 4.79 Å². The van der Waals surface area contributed by atoms with E-state index in [4.69, 9.17) is 11.6 Å². The SMILES string of the molecule is O=C(Nc1nc(CCl)cs1)c1cccs1. The number of amides is 1. The standard InChI is InChI=1S/C9H7ClN2OS2/c10-4-6-5-15-9(11-6)12-8(13)7-2-1-3-14-7/h1-3,5H,4H2,(H,11,12,13). The van der Waals surface area contributed by atoms with Gasteiger partial charge in [0.1, 0.15) is 0 Å². The highest BCUT2D eigenvalue weighted by Gasteiger charge is 2.09. The lowest BCUT2D eigenvalue weighted by atomic mass is 10.4. The van der Waals surface area contributed by atoms with Crippen LogP contribution in [0, 0.1) is 0 Å². The second-order valence-corrected chi connectivity index (χ2v) is 4.78. The fraction of sp³-hybridized carbons (Fsp3) is 0.111. The zero-order chi connectivity index (χ0) is 10.7. The molecule has 0 saturated heterocycles. The molecule has 2 heterocycles. The Morgan fingerprint density at radius 3 is 3.00 bits per heavy atom. The van der Waals surface area contributed by atoms with E-state index < -0.39 is 0 Å². The first kappa shape index (κ1) is 10.6. The summed E-state index contributed by atoms with van der Waals surface area (Å²) in [5.41, 5.74) is 0.781. The van der Waals surface area contributed by atoms with Crippen molar-refractivity contribution in [2.75, 3.05) is 5.32 Å². The molecule has 0 unspecified atom stereocenters. The van der Waals surface area contributed by atoms with E-state index in [-0.39, 0.29) is 5.91 Å². The Hall–Kier alpha value is -0.910. The third-order valence-electron chi connectivity index (χ3n) is 1.65. The maximum absolute atomic E-state index is 11.6. The number of nitrogens with one attached hydrogen (secondary N) is 1. The zero-order valence-electron chi connectivity index (χ0n) is 7.57. The number of alkyl halides is 1. The molecule has 1 N–H and O–H groups in total. The molecule has 2 aromatic rings. The molecule has 0 aromatic carbocycles. The molecule has 3 nitrogen and oxygen atoms in total. The molecule has 0 fully saturated rings. The van der Waals surface area contributed by atoms with Crippen LogP contribution in [-0.2, 0) is 5.88 Å². The van der Waals surface area contributed by atoms with Crippen molar-refractivity contribution in [2.45, 2.75) is 5.88 Å².